The molecule has 0 fully saturated rings. The number of methoxy groups -OCH3 is 1. The third-order valence-electron chi connectivity index (χ3n) is 2.78. The number of ether oxygens (including phenoxy) is 1. The molecule has 0 radical (unpaired) electrons. The zero-order chi connectivity index (χ0) is 13.4. The number of carbonyl (C=O) groups excluding carboxylic acids is 1. The summed E-state index contributed by atoms with van der Waals surface area (Å²) in [5.41, 5.74) is 0.662. The van der Waals surface area contributed by atoms with Gasteiger partial charge in [-0.2, -0.15) is 0 Å². The van der Waals surface area contributed by atoms with Crippen LogP contribution in [0.5, 0.6) is 5.75 Å². The van der Waals surface area contributed by atoms with E-state index in [1.165, 1.54) is 11.3 Å². The molecule has 3 aromatic rings. The summed E-state index contributed by atoms with van der Waals surface area (Å²) in [7, 11) is 1.61. The topological polar surface area (TPSA) is 26.3 Å². The number of fused-ring (bicyclic) bond motifs is 1. The number of thiophene rings is 2. The van der Waals surface area contributed by atoms with Crippen LogP contribution in [0.15, 0.2) is 40.2 Å². The molecule has 2 nitrogen and oxygen atoms in total. The summed E-state index contributed by atoms with van der Waals surface area (Å²) in [5, 5.41) is 2.04. The number of carbonyl (C=O) groups is 1. The van der Waals surface area contributed by atoms with Gasteiger partial charge in [0.2, 0.25) is 5.78 Å². The Morgan fingerprint density at radius 1 is 1.21 bits per heavy atom. The van der Waals surface area contributed by atoms with Crippen molar-refractivity contribution in [1.82, 2.24) is 0 Å². The van der Waals surface area contributed by atoms with E-state index in [1.807, 2.05) is 23.6 Å². The monoisotopic (exact) mass is 352 g/mol. The molecular weight excluding hydrogens is 344 g/mol. The van der Waals surface area contributed by atoms with Gasteiger partial charge in [0.15, 0.2) is 0 Å². The quantitative estimate of drug-likeness (QED) is 0.622. The molecule has 0 bridgehead atoms. The zero-order valence-electron chi connectivity index (χ0n) is 9.98. The molecule has 0 aliphatic rings. The second-order valence-corrected chi connectivity index (χ2v) is 6.82. The molecule has 0 N–H and O–H groups in total. The summed E-state index contributed by atoms with van der Waals surface area (Å²) in [5.74, 6) is 0.776. The molecule has 0 aliphatic carbocycles. The van der Waals surface area contributed by atoms with E-state index in [9.17, 15) is 4.79 Å². The molecule has 5 heteroatoms. The summed E-state index contributed by atoms with van der Waals surface area (Å²) in [6.45, 7) is 0. The first-order valence-electron chi connectivity index (χ1n) is 5.54. The van der Waals surface area contributed by atoms with Crippen LogP contribution in [0.4, 0.5) is 0 Å². The van der Waals surface area contributed by atoms with Crippen LogP contribution < -0.4 is 4.74 Å². The lowest BCUT2D eigenvalue weighted by Crippen LogP contribution is -2.00. The standard InChI is InChI=1S/C14H9BrO2S2/c1-17-8-2-3-9(10(15)6-8)14(16)13-7-12-11(19-13)4-5-18-12/h2-7H,1H3. The average Bonchev–Trinajstić information content (AvgIpc) is 2.98. The van der Waals surface area contributed by atoms with Crippen LogP contribution in [0.3, 0.4) is 0 Å². The van der Waals surface area contributed by atoms with Gasteiger partial charge in [-0.15, -0.1) is 22.7 Å². The van der Waals surface area contributed by atoms with Crippen LogP contribution in [0, 0.1) is 0 Å². The Kier molecular flexibility index (Phi) is 3.43. The van der Waals surface area contributed by atoms with Crippen molar-refractivity contribution >= 4 is 53.8 Å². The highest BCUT2D eigenvalue weighted by molar-refractivity contribution is 9.10. The lowest BCUT2D eigenvalue weighted by Gasteiger charge is -2.04. The number of rotatable bonds is 3. The Hall–Kier alpha value is -1.17. The highest BCUT2D eigenvalue weighted by Gasteiger charge is 2.16. The van der Waals surface area contributed by atoms with Gasteiger partial charge in [-0.1, -0.05) is 0 Å². The largest absolute Gasteiger partial charge is 0.497 e. The molecule has 0 aliphatic heterocycles. The Bertz CT molecular complexity index is 729. The first-order valence-corrected chi connectivity index (χ1v) is 8.03. The molecular formula is C14H9BrO2S2. The van der Waals surface area contributed by atoms with Gasteiger partial charge < -0.3 is 4.74 Å². The smallest absolute Gasteiger partial charge is 0.204 e. The fourth-order valence-corrected chi connectivity index (χ4v) is 4.42. The van der Waals surface area contributed by atoms with Gasteiger partial charge in [0, 0.05) is 19.4 Å². The van der Waals surface area contributed by atoms with Gasteiger partial charge in [0.1, 0.15) is 5.75 Å². The van der Waals surface area contributed by atoms with Crippen molar-refractivity contribution in [1.29, 1.82) is 0 Å². The lowest BCUT2D eigenvalue weighted by molar-refractivity contribution is 0.104. The van der Waals surface area contributed by atoms with E-state index in [0.29, 0.717) is 5.56 Å². The first kappa shape index (κ1) is 12.8. The van der Waals surface area contributed by atoms with Crippen molar-refractivity contribution in [2.75, 3.05) is 7.11 Å². The van der Waals surface area contributed by atoms with E-state index < -0.39 is 0 Å². The number of hydrogen-bond acceptors (Lipinski definition) is 4. The molecule has 2 aromatic heterocycles. The maximum Gasteiger partial charge on any atom is 0.204 e. The molecule has 3 rings (SSSR count). The van der Waals surface area contributed by atoms with Crippen LogP contribution in [0.25, 0.3) is 9.40 Å². The molecule has 0 spiro atoms. The van der Waals surface area contributed by atoms with Crippen LogP contribution in [-0.2, 0) is 0 Å². The summed E-state index contributed by atoms with van der Waals surface area (Å²) in [6.07, 6.45) is 0. The number of ketones is 1. The van der Waals surface area contributed by atoms with E-state index in [0.717, 1.165) is 24.5 Å². The van der Waals surface area contributed by atoms with Gasteiger partial charge in [0.25, 0.3) is 0 Å². The molecule has 19 heavy (non-hydrogen) atoms. The Labute approximate surface area is 126 Å². The first-order chi connectivity index (χ1) is 9.19. The molecule has 0 amide bonds. The SMILES string of the molecule is COc1ccc(C(=O)c2cc3sccc3s2)c(Br)c1. The van der Waals surface area contributed by atoms with Crippen molar-refractivity contribution < 1.29 is 9.53 Å². The van der Waals surface area contributed by atoms with Crippen LogP contribution in [-0.4, -0.2) is 12.9 Å². The van der Waals surface area contributed by atoms with E-state index in [1.54, 1.807) is 30.6 Å². The van der Waals surface area contributed by atoms with Gasteiger partial charge in [0.05, 0.1) is 12.0 Å². The number of benzene rings is 1. The zero-order valence-corrected chi connectivity index (χ0v) is 13.2. The molecule has 96 valence electrons. The normalized spacial score (nSPS) is 10.8. The molecule has 0 saturated heterocycles. The number of hydrogen-bond donors (Lipinski definition) is 0. The highest BCUT2D eigenvalue weighted by atomic mass is 79.9. The van der Waals surface area contributed by atoms with Gasteiger partial charge in [-0.3, -0.25) is 4.79 Å². The van der Waals surface area contributed by atoms with Crippen LogP contribution in [0.1, 0.15) is 15.2 Å². The average molecular weight is 353 g/mol. The molecule has 0 unspecified atom stereocenters. The van der Waals surface area contributed by atoms with Gasteiger partial charge in [-0.05, 0) is 51.6 Å². The van der Waals surface area contributed by atoms with E-state index in [2.05, 4.69) is 15.9 Å². The predicted molar refractivity (Wildman–Crippen MR) is 83.8 cm³/mol. The van der Waals surface area contributed by atoms with Crippen molar-refractivity contribution in [3.8, 4) is 5.75 Å². The van der Waals surface area contributed by atoms with E-state index >= 15 is 0 Å². The highest BCUT2D eigenvalue weighted by Crippen LogP contribution is 2.33. The van der Waals surface area contributed by atoms with Crippen molar-refractivity contribution in [3.05, 3.63) is 50.6 Å². The van der Waals surface area contributed by atoms with Gasteiger partial charge in [-0.25, -0.2) is 0 Å². The lowest BCUT2D eigenvalue weighted by atomic mass is 10.1. The summed E-state index contributed by atoms with van der Waals surface area (Å²) < 4.78 is 8.22. The Balaban J connectivity index is 2.01. The minimum absolute atomic E-state index is 0.0444. The van der Waals surface area contributed by atoms with Crippen LogP contribution >= 0.6 is 38.6 Å². The number of halogens is 1. The third kappa shape index (κ3) is 2.33. The summed E-state index contributed by atoms with van der Waals surface area (Å²) in [6, 6.07) is 9.41. The fourth-order valence-electron chi connectivity index (χ4n) is 1.82. The predicted octanol–water partition coefficient (Wildman–Crippen LogP) is 4.96. The van der Waals surface area contributed by atoms with Crippen molar-refractivity contribution in [2.24, 2.45) is 0 Å². The minimum Gasteiger partial charge on any atom is -0.497 e. The maximum atomic E-state index is 12.5. The summed E-state index contributed by atoms with van der Waals surface area (Å²) >= 11 is 6.62. The molecule has 0 saturated carbocycles. The van der Waals surface area contributed by atoms with Crippen LogP contribution in [0.2, 0.25) is 0 Å². The minimum atomic E-state index is 0.0444. The Morgan fingerprint density at radius 3 is 2.74 bits per heavy atom. The third-order valence-corrected chi connectivity index (χ3v) is 5.53. The van der Waals surface area contributed by atoms with Crippen molar-refractivity contribution in [3.63, 3.8) is 0 Å². The maximum absolute atomic E-state index is 12.5. The summed E-state index contributed by atoms with van der Waals surface area (Å²) in [4.78, 5) is 13.2. The molecule has 1 aromatic carbocycles. The van der Waals surface area contributed by atoms with E-state index in [4.69, 9.17) is 4.74 Å². The fraction of sp³-hybridized carbons (Fsp3) is 0.0714. The second-order valence-electron chi connectivity index (χ2n) is 3.93. The van der Waals surface area contributed by atoms with Crippen molar-refractivity contribution in [2.45, 2.75) is 0 Å². The van der Waals surface area contributed by atoms with E-state index in [-0.39, 0.29) is 5.78 Å². The Morgan fingerprint density at radius 2 is 2.05 bits per heavy atom. The second kappa shape index (κ2) is 5.07. The molecule has 2 heterocycles. The van der Waals surface area contributed by atoms with Gasteiger partial charge >= 0.3 is 0 Å². The molecule has 0 atom stereocenters.